The van der Waals surface area contributed by atoms with Crippen molar-refractivity contribution in [3.63, 3.8) is 0 Å². The molecule has 3 N–H and O–H groups in total. The van der Waals surface area contributed by atoms with Gasteiger partial charge in [0, 0.05) is 24.7 Å². The summed E-state index contributed by atoms with van der Waals surface area (Å²) >= 11 is 0. The first-order valence-corrected chi connectivity index (χ1v) is 7.86. The zero-order valence-corrected chi connectivity index (χ0v) is 14.6. The minimum atomic E-state index is -0.508. The number of carbonyl (C=O) groups excluding carboxylic acids is 1. The summed E-state index contributed by atoms with van der Waals surface area (Å²) in [7, 11) is 0. The fraction of sp³-hybridized carbons (Fsp3) is 0.588. The first-order valence-electron chi connectivity index (χ1n) is 7.86. The SMILES string of the molecule is CCOc1cccc(CNC(C)CNC(=O)OC(C)(C)C)c1O. The molecule has 6 nitrogen and oxygen atoms in total. The van der Waals surface area contributed by atoms with E-state index in [0.717, 1.165) is 5.56 Å². The van der Waals surface area contributed by atoms with Crippen LogP contribution in [-0.4, -0.2) is 36.0 Å². The molecule has 0 bridgehead atoms. The Labute approximate surface area is 138 Å². The molecule has 0 radical (unpaired) electrons. The second kappa shape index (κ2) is 8.62. The van der Waals surface area contributed by atoms with E-state index in [1.807, 2.05) is 46.8 Å². The second-order valence-electron chi connectivity index (χ2n) is 6.36. The fourth-order valence-corrected chi connectivity index (χ4v) is 1.89. The number of amides is 1. The van der Waals surface area contributed by atoms with E-state index >= 15 is 0 Å². The maximum Gasteiger partial charge on any atom is 0.407 e. The Morgan fingerprint density at radius 1 is 1.35 bits per heavy atom. The molecule has 0 fully saturated rings. The molecule has 6 heteroatoms. The number of benzene rings is 1. The Morgan fingerprint density at radius 2 is 2.04 bits per heavy atom. The normalized spacial score (nSPS) is 12.6. The summed E-state index contributed by atoms with van der Waals surface area (Å²) in [5.74, 6) is 0.625. The van der Waals surface area contributed by atoms with Crippen molar-refractivity contribution in [2.45, 2.75) is 52.8 Å². The molecule has 1 aromatic carbocycles. The van der Waals surface area contributed by atoms with Gasteiger partial charge in [0.1, 0.15) is 5.60 Å². The van der Waals surface area contributed by atoms with Gasteiger partial charge in [-0.1, -0.05) is 12.1 Å². The van der Waals surface area contributed by atoms with E-state index in [9.17, 15) is 9.90 Å². The monoisotopic (exact) mass is 324 g/mol. The van der Waals surface area contributed by atoms with Crippen LogP contribution in [0.15, 0.2) is 18.2 Å². The lowest BCUT2D eigenvalue weighted by molar-refractivity contribution is 0.0523. The van der Waals surface area contributed by atoms with Crippen LogP contribution in [0.1, 0.15) is 40.2 Å². The van der Waals surface area contributed by atoms with E-state index in [-0.39, 0.29) is 11.8 Å². The third kappa shape index (κ3) is 7.23. The summed E-state index contributed by atoms with van der Waals surface area (Å²) in [5.41, 5.74) is 0.242. The summed E-state index contributed by atoms with van der Waals surface area (Å²) in [4.78, 5) is 11.6. The third-order valence-corrected chi connectivity index (χ3v) is 2.97. The van der Waals surface area contributed by atoms with Gasteiger partial charge in [-0.3, -0.25) is 0 Å². The Balaban J connectivity index is 2.43. The quantitative estimate of drug-likeness (QED) is 0.719. The Bertz CT molecular complexity index is 512. The van der Waals surface area contributed by atoms with Gasteiger partial charge >= 0.3 is 6.09 Å². The molecule has 130 valence electrons. The number of rotatable bonds is 7. The van der Waals surface area contributed by atoms with Crippen molar-refractivity contribution in [2.75, 3.05) is 13.2 Å². The molecule has 0 saturated heterocycles. The Morgan fingerprint density at radius 3 is 2.65 bits per heavy atom. The van der Waals surface area contributed by atoms with Crippen LogP contribution in [0.4, 0.5) is 4.79 Å². The molecule has 1 atom stereocenters. The van der Waals surface area contributed by atoms with Crippen LogP contribution in [0.5, 0.6) is 11.5 Å². The summed E-state index contributed by atoms with van der Waals surface area (Å²) in [6, 6.07) is 5.43. The zero-order chi connectivity index (χ0) is 17.5. The highest BCUT2D eigenvalue weighted by molar-refractivity contribution is 5.67. The number of nitrogens with one attached hydrogen (secondary N) is 2. The number of carbonyl (C=O) groups is 1. The number of phenolic OH excluding ortho intramolecular Hbond substituents is 1. The van der Waals surface area contributed by atoms with E-state index < -0.39 is 11.7 Å². The first kappa shape index (κ1) is 19.1. The molecule has 0 heterocycles. The van der Waals surface area contributed by atoms with Crippen molar-refractivity contribution in [2.24, 2.45) is 0 Å². The highest BCUT2D eigenvalue weighted by atomic mass is 16.6. The van der Waals surface area contributed by atoms with Crippen LogP contribution in [0.2, 0.25) is 0 Å². The van der Waals surface area contributed by atoms with Crippen LogP contribution in [0.3, 0.4) is 0 Å². The van der Waals surface area contributed by atoms with Gasteiger partial charge in [0.25, 0.3) is 0 Å². The second-order valence-corrected chi connectivity index (χ2v) is 6.36. The average molecular weight is 324 g/mol. The van der Waals surface area contributed by atoms with Gasteiger partial charge in [-0.25, -0.2) is 4.79 Å². The molecule has 0 aliphatic heterocycles. The van der Waals surface area contributed by atoms with Gasteiger partial charge < -0.3 is 25.2 Å². The van der Waals surface area contributed by atoms with E-state index in [4.69, 9.17) is 9.47 Å². The molecular weight excluding hydrogens is 296 g/mol. The lowest BCUT2D eigenvalue weighted by Crippen LogP contribution is -2.41. The predicted octanol–water partition coefficient (Wildman–Crippen LogP) is 2.79. The summed E-state index contributed by atoms with van der Waals surface area (Å²) in [5, 5.41) is 16.1. The number of aromatic hydroxyl groups is 1. The van der Waals surface area contributed by atoms with Crippen molar-refractivity contribution >= 4 is 6.09 Å². The smallest absolute Gasteiger partial charge is 0.407 e. The Hall–Kier alpha value is -1.95. The number of phenols is 1. The number of ether oxygens (including phenoxy) is 2. The van der Waals surface area contributed by atoms with Gasteiger partial charge in [0.05, 0.1) is 6.61 Å². The summed E-state index contributed by atoms with van der Waals surface area (Å²) in [6.07, 6.45) is -0.438. The molecule has 0 aliphatic rings. The van der Waals surface area contributed by atoms with Crippen molar-refractivity contribution in [3.05, 3.63) is 23.8 Å². The minimum absolute atomic E-state index is 0.0256. The molecule has 1 amide bonds. The molecule has 0 aliphatic carbocycles. The highest BCUT2D eigenvalue weighted by Gasteiger charge is 2.16. The molecule has 0 saturated carbocycles. The Kier molecular flexibility index (Phi) is 7.16. The van der Waals surface area contributed by atoms with Gasteiger partial charge in [-0.15, -0.1) is 0 Å². The van der Waals surface area contributed by atoms with Crippen LogP contribution in [-0.2, 0) is 11.3 Å². The standard InChI is InChI=1S/C17H28N2O4/c1-6-22-14-9-7-8-13(15(14)20)11-18-12(2)10-19-16(21)23-17(3,4)5/h7-9,12,18,20H,6,10-11H2,1-5H3,(H,19,21). The van der Waals surface area contributed by atoms with Gasteiger partial charge in [0.15, 0.2) is 11.5 Å². The van der Waals surface area contributed by atoms with E-state index in [1.54, 1.807) is 6.07 Å². The number of hydrogen-bond acceptors (Lipinski definition) is 5. The van der Waals surface area contributed by atoms with Gasteiger partial charge in [-0.05, 0) is 40.7 Å². The van der Waals surface area contributed by atoms with Gasteiger partial charge in [0.2, 0.25) is 0 Å². The molecule has 1 aromatic rings. The number of para-hydroxylation sites is 1. The maximum absolute atomic E-state index is 11.6. The summed E-state index contributed by atoms with van der Waals surface area (Å²) < 4.78 is 10.5. The van der Waals surface area contributed by atoms with Crippen molar-refractivity contribution in [3.8, 4) is 11.5 Å². The zero-order valence-electron chi connectivity index (χ0n) is 14.6. The molecule has 23 heavy (non-hydrogen) atoms. The molecule has 1 rings (SSSR count). The van der Waals surface area contributed by atoms with Crippen molar-refractivity contribution in [1.29, 1.82) is 0 Å². The molecular formula is C17H28N2O4. The van der Waals surface area contributed by atoms with Gasteiger partial charge in [-0.2, -0.15) is 0 Å². The molecule has 1 unspecified atom stereocenters. The minimum Gasteiger partial charge on any atom is -0.504 e. The largest absolute Gasteiger partial charge is 0.504 e. The maximum atomic E-state index is 11.6. The first-order chi connectivity index (χ1) is 10.7. The van der Waals surface area contributed by atoms with E-state index in [1.165, 1.54) is 0 Å². The average Bonchev–Trinajstić information content (AvgIpc) is 2.44. The van der Waals surface area contributed by atoms with Crippen LogP contribution in [0.25, 0.3) is 0 Å². The topological polar surface area (TPSA) is 79.8 Å². The van der Waals surface area contributed by atoms with Crippen molar-refractivity contribution in [1.82, 2.24) is 10.6 Å². The highest BCUT2D eigenvalue weighted by Crippen LogP contribution is 2.29. The van der Waals surface area contributed by atoms with Crippen LogP contribution < -0.4 is 15.4 Å². The van der Waals surface area contributed by atoms with E-state index in [2.05, 4.69) is 10.6 Å². The number of hydrogen-bond donors (Lipinski definition) is 3. The molecule has 0 spiro atoms. The molecule has 0 aromatic heterocycles. The fourth-order valence-electron chi connectivity index (χ4n) is 1.89. The van der Waals surface area contributed by atoms with E-state index in [0.29, 0.717) is 25.4 Å². The lowest BCUT2D eigenvalue weighted by atomic mass is 10.1. The van der Waals surface area contributed by atoms with Crippen molar-refractivity contribution < 1.29 is 19.4 Å². The lowest BCUT2D eigenvalue weighted by Gasteiger charge is -2.21. The summed E-state index contributed by atoms with van der Waals surface area (Å²) in [6.45, 7) is 10.7. The van der Waals surface area contributed by atoms with Crippen LogP contribution >= 0.6 is 0 Å². The van der Waals surface area contributed by atoms with Crippen LogP contribution in [0, 0.1) is 0 Å². The predicted molar refractivity (Wildman–Crippen MR) is 89.8 cm³/mol. The third-order valence-electron chi connectivity index (χ3n) is 2.97. The number of alkyl carbamates (subject to hydrolysis) is 1.